The van der Waals surface area contributed by atoms with Crippen molar-refractivity contribution in [1.82, 2.24) is 5.32 Å². The van der Waals surface area contributed by atoms with Gasteiger partial charge >= 0.3 is 0 Å². The van der Waals surface area contributed by atoms with Gasteiger partial charge in [0.25, 0.3) is 0 Å². The fourth-order valence-corrected chi connectivity index (χ4v) is 1.67. The molecule has 1 atom stereocenters. The van der Waals surface area contributed by atoms with Gasteiger partial charge in [0, 0.05) is 5.92 Å². The lowest BCUT2D eigenvalue weighted by Crippen LogP contribution is -2.27. The number of hydrogen-bond acceptors (Lipinski definition) is 2. The van der Waals surface area contributed by atoms with Crippen LogP contribution in [0.3, 0.4) is 0 Å². The molecule has 3 nitrogen and oxygen atoms in total. The number of benzene rings is 1. The number of amides is 1. The second-order valence-electron chi connectivity index (χ2n) is 4.40. The van der Waals surface area contributed by atoms with Crippen LogP contribution >= 0.6 is 0 Å². The van der Waals surface area contributed by atoms with E-state index in [9.17, 15) is 4.79 Å². The average Bonchev–Trinajstić information content (AvgIpc) is 3.13. The molecule has 1 aliphatic rings. The molecule has 1 aromatic rings. The molecule has 0 bridgehead atoms. The summed E-state index contributed by atoms with van der Waals surface area (Å²) in [6.45, 7) is 2.04. The first-order valence-corrected chi connectivity index (χ1v) is 5.71. The van der Waals surface area contributed by atoms with Gasteiger partial charge < -0.3 is 10.4 Å². The minimum Gasteiger partial charge on any atom is -0.392 e. The summed E-state index contributed by atoms with van der Waals surface area (Å²) in [4.78, 5) is 11.6. The molecule has 16 heavy (non-hydrogen) atoms. The Balaban J connectivity index is 1.96. The fraction of sp³-hybridized carbons (Fsp3) is 0.462. The maximum absolute atomic E-state index is 11.6. The highest BCUT2D eigenvalue weighted by Gasteiger charge is 2.30. The van der Waals surface area contributed by atoms with E-state index >= 15 is 0 Å². The quantitative estimate of drug-likeness (QED) is 0.810. The van der Waals surface area contributed by atoms with Gasteiger partial charge in [-0.1, -0.05) is 24.3 Å². The first-order valence-electron chi connectivity index (χ1n) is 5.71. The van der Waals surface area contributed by atoms with Crippen LogP contribution in [0.25, 0.3) is 0 Å². The van der Waals surface area contributed by atoms with Crippen LogP contribution in [-0.4, -0.2) is 11.0 Å². The molecule has 1 fully saturated rings. The van der Waals surface area contributed by atoms with Crippen molar-refractivity contribution >= 4 is 5.91 Å². The zero-order chi connectivity index (χ0) is 11.5. The highest BCUT2D eigenvalue weighted by molar-refractivity contribution is 5.81. The second kappa shape index (κ2) is 4.66. The van der Waals surface area contributed by atoms with Crippen molar-refractivity contribution in [3.8, 4) is 0 Å². The van der Waals surface area contributed by atoms with Gasteiger partial charge in [-0.3, -0.25) is 4.79 Å². The van der Waals surface area contributed by atoms with Crippen LogP contribution in [0.1, 0.15) is 36.9 Å². The number of carbonyl (C=O) groups excluding carboxylic acids is 1. The lowest BCUT2D eigenvalue weighted by atomic mass is 10.1. The summed E-state index contributed by atoms with van der Waals surface area (Å²) in [5, 5.41) is 11.9. The molecule has 0 unspecified atom stereocenters. The van der Waals surface area contributed by atoms with E-state index in [2.05, 4.69) is 5.32 Å². The van der Waals surface area contributed by atoms with Crippen molar-refractivity contribution in [2.24, 2.45) is 5.92 Å². The van der Waals surface area contributed by atoms with Crippen molar-refractivity contribution < 1.29 is 9.90 Å². The highest BCUT2D eigenvalue weighted by atomic mass is 16.3. The van der Waals surface area contributed by atoms with Crippen molar-refractivity contribution in [2.75, 3.05) is 0 Å². The van der Waals surface area contributed by atoms with E-state index in [-0.39, 0.29) is 24.5 Å². The lowest BCUT2D eigenvalue weighted by molar-refractivity contribution is -0.122. The Kier molecular flexibility index (Phi) is 3.25. The molecule has 0 aliphatic heterocycles. The van der Waals surface area contributed by atoms with E-state index in [0.717, 1.165) is 24.0 Å². The largest absolute Gasteiger partial charge is 0.392 e. The van der Waals surface area contributed by atoms with Crippen LogP contribution in [0.5, 0.6) is 0 Å². The third kappa shape index (κ3) is 2.61. The number of hydrogen-bond donors (Lipinski definition) is 2. The van der Waals surface area contributed by atoms with Gasteiger partial charge in [-0.25, -0.2) is 0 Å². The Morgan fingerprint density at radius 2 is 2.06 bits per heavy atom. The number of nitrogens with one attached hydrogen (secondary N) is 1. The number of aliphatic hydroxyl groups is 1. The standard InChI is InChI=1S/C13H17NO2/c1-9(14-13(16)12-6-7-12)11-4-2-10(8-15)3-5-11/h2-5,9,12,15H,6-8H2,1H3,(H,14,16)/t9-/m0/s1. The Morgan fingerprint density at radius 1 is 1.44 bits per heavy atom. The molecule has 2 rings (SSSR count). The summed E-state index contributed by atoms with van der Waals surface area (Å²) in [7, 11) is 0. The first-order chi connectivity index (χ1) is 7.70. The van der Waals surface area contributed by atoms with E-state index < -0.39 is 0 Å². The van der Waals surface area contributed by atoms with E-state index in [1.54, 1.807) is 0 Å². The molecule has 3 heteroatoms. The van der Waals surface area contributed by atoms with E-state index in [4.69, 9.17) is 5.11 Å². The molecule has 0 spiro atoms. The summed E-state index contributed by atoms with van der Waals surface area (Å²) in [6.07, 6.45) is 2.06. The van der Waals surface area contributed by atoms with Gasteiger partial charge in [0.1, 0.15) is 0 Å². The molecule has 1 aromatic carbocycles. The Hall–Kier alpha value is -1.35. The van der Waals surface area contributed by atoms with E-state index in [1.165, 1.54) is 0 Å². The summed E-state index contributed by atoms with van der Waals surface area (Å²) in [5.74, 6) is 0.415. The maximum atomic E-state index is 11.6. The van der Waals surface area contributed by atoms with Gasteiger partial charge in [-0.2, -0.15) is 0 Å². The van der Waals surface area contributed by atoms with Gasteiger partial charge in [0.2, 0.25) is 5.91 Å². The van der Waals surface area contributed by atoms with Crippen LogP contribution < -0.4 is 5.32 Å². The molecule has 0 aromatic heterocycles. The van der Waals surface area contributed by atoms with E-state index in [1.807, 2.05) is 31.2 Å². The Labute approximate surface area is 95.5 Å². The van der Waals surface area contributed by atoms with Crippen LogP contribution in [0, 0.1) is 5.92 Å². The molecule has 1 aliphatic carbocycles. The molecule has 0 heterocycles. The molecular formula is C13H17NO2. The normalized spacial score (nSPS) is 16.9. The SMILES string of the molecule is C[C@H](NC(=O)C1CC1)c1ccc(CO)cc1. The topological polar surface area (TPSA) is 49.3 Å². The van der Waals surface area contributed by atoms with Crippen LogP contribution in [0.15, 0.2) is 24.3 Å². The van der Waals surface area contributed by atoms with Crippen molar-refractivity contribution in [2.45, 2.75) is 32.4 Å². The third-order valence-corrected chi connectivity index (χ3v) is 2.97. The molecule has 1 amide bonds. The Bertz CT molecular complexity index is 368. The summed E-state index contributed by atoms with van der Waals surface area (Å²) < 4.78 is 0. The Morgan fingerprint density at radius 3 is 2.56 bits per heavy atom. The van der Waals surface area contributed by atoms with Gasteiger partial charge in [0.05, 0.1) is 12.6 Å². The van der Waals surface area contributed by atoms with Crippen molar-refractivity contribution in [3.05, 3.63) is 35.4 Å². The van der Waals surface area contributed by atoms with Crippen LogP contribution in [0.2, 0.25) is 0 Å². The minimum absolute atomic E-state index is 0.0424. The monoisotopic (exact) mass is 219 g/mol. The molecule has 1 saturated carbocycles. The number of aliphatic hydroxyl groups excluding tert-OH is 1. The predicted octanol–water partition coefficient (Wildman–Crippen LogP) is 1.77. The summed E-state index contributed by atoms with van der Waals surface area (Å²) >= 11 is 0. The second-order valence-corrected chi connectivity index (χ2v) is 4.40. The molecule has 86 valence electrons. The average molecular weight is 219 g/mol. The molecule has 0 saturated heterocycles. The smallest absolute Gasteiger partial charge is 0.223 e. The molecular weight excluding hydrogens is 202 g/mol. The molecule has 0 radical (unpaired) electrons. The van der Waals surface area contributed by atoms with Crippen molar-refractivity contribution in [3.63, 3.8) is 0 Å². The van der Waals surface area contributed by atoms with Gasteiger partial charge in [-0.05, 0) is 30.9 Å². The molecule has 2 N–H and O–H groups in total. The van der Waals surface area contributed by atoms with Crippen LogP contribution in [0.4, 0.5) is 0 Å². The minimum atomic E-state index is 0.0424. The highest BCUT2D eigenvalue weighted by Crippen LogP contribution is 2.29. The fourth-order valence-electron chi connectivity index (χ4n) is 1.67. The zero-order valence-electron chi connectivity index (χ0n) is 9.44. The van der Waals surface area contributed by atoms with Crippen molar-refractivity contribution in [1.29, 1.82) is 0 Å². The summed E-state index contributed by atoms with van der Waals surface area (Å²) in [6, 6.07) is 7.71. The number of carbonyl (C=O) groups is 1. The number of rotatable bonds is 4. The van der Waals surface area contributed by atoms with Gasteiger partial charge in [0.15, 0.2) is 0 Å². The lowest BCUT2D eigenvalue weighted by Gasteiger charge is -2.14. The van der Waals surface area contributed by atoms with Gasteiger partial charge in [-0.15, -0.1) is 0 Å². The predicted molar refractivity (Wildman–Crippen MR) is 61.6 cm³/mol. The third-order valence-electron chi connectivity index (χ3n) is 2.97. The van der Waals surface area contributed by atoms with E-state index in [0.29, 0.717) is 0 Å². The first kappa shape index (κ1) is 11.1. The zero-order valence-corrected chi connectivity index (χ0v) is 9.44. The van der Waals surface area contributed by atoms with Crippen LogP contribution in [-0.2, 0) is 11.4 Å². The maximum Gasteiger partial charge on any atom is 0.223 e. The summed E-state index contributed by atoms with van der Waals surface area (Å²) in [5.41, 5.74) is 1.97.